The molecule has 2 N–H and O–H groups in total. The lowest BCUT2D eigenvalue weighted by Crippen LogP contribution is -2.53. The number of carbonyl (C=O) groups is 1. The molecule has 0 saturated heterocycles. The Morgan fingerprint density at radius 3 is 2.58 bits per heavy atom. The van der Waals surface area contributed by atoms with E-state index in [9.17, 15) is 9.90 Å². The van der Waals surface area contributed by atoms with E-state index in [0.29, 0.717) is 48.8 Å². The van der Waals surface area contributed by atoms with Gasteiger partial charge >= 0.3 is 5.97 Å². The summed E-state index contributed by atoms with van der Waals surface area (Å²) < 4.78 is 13.1. The monoisotopic (exact) mass is 791 g/mol. The zero-order valence-corrected chi connectivity index (χ0v) is 35.0. The molecular weight excluding hydrogens is 730 g/mol. The summed E-state index contributed by atoms with van der Waals surface area (Å²) in [6.07, 6.45) is 14.3. The Hall–Kier alpha value is -4.07. The molecule has 3 aliphatic carbocycles. The smallest absolute Gasteiger partial charge is 0.329 e. The normalized spacial score (nSPS) is 23.2. The quantitative estimate of drug-likeness (QED) is 0.0971. The number of rotatable bonds is 18. The van der Waals surface area contributed by atoms with Crippen LogP contribution < -0.4 is 14.8 Å². The number of nitrogens with one attached hydrogen (secondary N) is 1. The van der Waals surface area contributed by atoms with E-state index in [1.54, 1.807) is 0 Å². The minimum Gasteiger partial charge on any atom is -0.494 e. The number of aliphatic carboxylic acids is 1. The molecule has 1 spiro atoms. The van der Waals surface area contributed by atoms with Crippen LogP contribution in [-0.4, -0.2) is 59.8 Å². The van der Waals surface area contributed by atoms with Crippen LogP contribution in [0.5, 0.6) is 11.5 Å². The SMILES string of the molecule is C[C@@H](COc1ccnc2c1[C@H](C)CCC2)C[C@H]1Cc2ccc(OCCCCN(C)CCCc3ccccc3)cc2C12CCC(Nc1cccc(Cl)c1)(C(=O)O)CC2. The van der Waals surface area contributed by atoms with Gasteiger partial charge in [0, 0.05) is 28.2 Å². The molecule has 0 bridgehead atoms. The maximum atomic E-state index is 13.1. The van der Waals surface area contributed by atoms with E-state index in [2.05, 4.69) is 84.6 Å². The van der Waals surface area contributed by atoms with Crippen LogP contribution in [0.4, 0.5) is 5.69 Å². The third kappa shape index (κ3) is 9.80. The van der Waals surface area contributed by atoms with Crippen LogP contribution in [0, 0.1) is 11.8 Å². The molecule has 3 atom stereocenters. The number of benzene rings is 3. The molecule has 1 saturated carbocycles. The van der Waals surface area contributed by atoms with Gasteiger partial charge in [0.25, 0.3) is 0 Å². The Morgan fingerprint density at radius 1 is 0.982 bits per heavy atom. The average Bonchev–Trinajstić information content (AvgIpc) is 3.49. The molecule has 57 heavy (non-hydrogen) atoms. The number of pyridine rings is 1. The first-order valence-electron chi connectivity index (χ1n) is 21.5. The fraction of sp³-hybridized carbons (Fsp3) is 0.510. The first-order valence-corrected chi connectivity index (χ1v) is 21.9. The third-order valence-corrected chi connectivity index (χ3v) is 13.6. The summed E-state index contributed by atoms with van der Waals surface area (Å²) in [4.78, 5) is 20.2. The summed E-state index contributed by atoms with van der Waals surface area (Å²) in [6, 6.07) is 26.9. The predicted octanol–water partition coefficient (Wildman–Crippen LogP) is 10.9. The Morgan fingerprint density at radius 2 is 1.79 bits per heavy atom. The van der Waals surface area contributed by atoms with Gasteiger partial charge in [-0.05, 0) is 180 Å². The standard InChI is InChI=1S/C49H62ClN3O4/c1-35(34-57-45-21-26-51-44-18-9-12-36(2)46(44)45)30-39-31-38-19-20-42(56-29-8-7-27-53(3)28-11-15-37-13-5-4-6-14-37)33-43(38)48(39)22-24-49(25-23-48,47(54)55)52-41-17-10-16-40(50)32-41/h4-6,10,13-14,16-17,19-21,26,32-33,35-36,39,52H,7-9,11-12,15,18,22-25,27-31,34H2,1-3H3,(H,54,55)/t35-,36-,39+,48?,49?/m1/s1. The van der Waals surface area contributed by atoms with Crippen molar-refractivity contribution in [1.82, 2.24) is 9.88 Å². The summed E-state index contributed by atoms with van der Waals surface area (Å²) >= 11 is 6.32. The molecule has 3 aromatic carbocycles. The topological polar surface area (TPSA) is 83.9 Å². The molecule has 304 valence electrons. The number of carboxylic acids is 1. The number of halogens is 1. The van der Waals surface area contributed by atoms with Gasteiger partial charge in [-0.2, -0.15) is 0 Å². The van der Waals surface area contributed by atoms with Gasteiger partial charge in [0.1, 0.15) is 17.0 Å². The molecule has 0 radical (unpaired) electrons. The highest BCUT2D eigenvalue weighted by molar-refractivity contribution is 6.30. The van der Waals surface area contributed by atoms with Crippen molar-refractivity contribution in [3.63, 3.8) is 0 Å². The molecular formula is C49H62ClN3O4. The molecule has 4 aromatic rings. The largest absolute Gasteiger partial charge is 0.494 e. The summed E-state index contributed by atoms with van der Waals surface area (Å²) in [6.45, 7) is 8.10. The highest BCUT2D eigenvalue weighted by Gasteiger charge is 2.54. The van der Waals surface area contributed by atoms with Crippen molar-refractivity contribution < 1.29 is 19.4 Å². The lowest BCUT2D eigenvalue weighted by molar-refractivity contribution is -0.144. The molecule has 1 fully saturated rings. The molecule has 1 aromatic heterocycles. The van der Waals surface area contributed by atoms with E-state index in [4.69, 9.17) is 21.1 Å². The maximum Gasteiger partial charge on any atom is 0.329 e. The van der Waals surface area contributed by atoms with Gasteiger partial charge in [-0.1, -0.05) is 67.9 Å². The van der Waals surface area contributed by atoms with E-state index in [0.717, 1.165) is 88.1 Å². The second kappa shape index (κ2) is 18.7. The molecule has 8 heteroatoms. The number of hydrogen-bond acceptors (Lipinski definition) is 6. The fourth-order valence-electron chi connectivity index (χ4n) is 10.1. The van der Waals surface area contributed by atoms with E-state index >= 15 is 0 Å². The van der Waals surface area contributed by atoms with E-state index < -0.39 is 11.5 Å². The number of anilines is 1. The van der Waals surface area contributed by atoms with Crippen molar-refractivity contribution >= 4 is 23.3 Å². The Kier molecular flexibility index (Phi) is 13.5. The van der Waals surface area contributed by atoms with Crippen molar-refractivity contribution in [3.05, 3.63) is 118 Å². The number of unbranched alkanes of at least 4 members (excludes halogenated alkanes) is 1. The van der Waals surface area contributed by atoms with Crippen molar-refractivity contribution in [2.75, 3.05) is 38.7 Å². The first kappa shape index (κ1) is 41.1. The highest BCUT2D eigenvalue weighted by Crippen LogP contribution is 2.57. The molecule has 1 heterocycles. The number of fused-ring (bicyclic) bond motifs is 3. The van der Waals surface area contributed by atoms with Crippen LogP contribution in [0.2, 0.25) is 5.02 Å². The Balaban J connectivity index is 1.01. The van der Waals surface area contributed by atoms with Crippen LogP contribution in [0.1, 0.15) is 112 Å². The minimum atomic E-state index is -1.06. The van der Waals surface area contributed by atoms with Crippen LogP contribution in [0.15, 0.2) is 85.1 Å². The van der Waals surface area contributed by atoms with Crippen LogP contribution in [0.3, 0.4) is 0 Å². The molecule has 0 amide bonds. The summed E-state index contributed by atoms with van der Waals surface area (Å²) in [5.41, 5.74) is 6.18. The van der Waals surface area contributed by atoms with Gasteiger partial charge in [-0.3, -0.25) is 4.98 Å². The minimum absolute atomic E-state index is 0.134. The third-order valence-electron chi connectivity index (χ3n) is 13.3. The molecule has 7 rings (SSSR count). The molecule has 0 unspecified atom stereocenters. The number of ether oxygens (including phenoxy) is 2. The summed E-state index contributed by atoms with van der Waals surface area (Å²) in [7, 11) is 2.22. The lowest BCUT2D eigenvalue weighted by atomic mass is 9.59. The molecule has 3 aliphatic rings. The summed E-state index contributed by atoms with van der Waals surface area (Å²) in [5.74, 6) is 2.28. The Bertz CT molecular complexity index is 1940. The number of aryl methyl sites for hydroxylation is 2. The van der Waals surface area contributed by atoms with Crippen molar-refractivity contribution in [2.45, 2.75) is 114 Å². The lowest BCUT2D eigenvalue weighted by Gasteiger charge is -2.47. The van der Waals surface area contributed by atoms with Crippen LogP contribution in [0.25, 0.3) is 0 Å². The predicted molar refractivity (Wildman–Crippen MR) is 231 cm³/mol. The highest BCUT2D eigenvalue weighted by atomic mass is 35.5. The fourth-order valence-corrected chi connectivity index (χ4v) is 10.3. The van der Waals surface area contributed by atoms with Gasteiger partial charge in [-0.15, -0.1) is 0 Å². The van der Waals surface area contributed by atoms with Gasteiger partial charge in [0.05, 0.1) is 13.2 Å². The summed E-state index contributed by atoms with van der Waals surface area (Å²) in [5, 5.41) is 14.7. The van der Waals surface area contributed by atoms with E-state index in [1.165, 1.54) is 40.8 Å². The zero-order valence-electron chi connectivity index (χ0n) is 34.3. The second-order valence-electron chi connectivity index (χ2n) is 17.5. The first-order chi connectivity index (χ1) is 27.6. The zero-order chi connectivity index (χ0) is 39.8. The average molecular weight is 793 g/mol. The van der Waals surface area contributed by atoms with Crippen molar-refractivity contribution in [1.29, 1.82) is 0 Å². The number of nitrogens with zero attached hydrogens (tertiary/aromatic N) is 2. The van der Waals surface area contributed by atoms with Crippen molar-refractivity contribution in [2.24, 2.45) is 11.8 Å². The maximum absolute atomic E-state index is 13.1. The molecule has 0 aliphatic heterocycles. The van der Waals surface area contributed by atoms with Gasteiger partial charge in [0.15, 0.2) is 0 Å². The van der Waals surface area contributed by atoms with Gasteiger partial charge < -0.3 is 24.8 Å². The van der Waals surface area contributed by atoms with E-state index in [1.807, 2.05) is 36.5 Å². The Labute approximate surface area is 345 Å². The van der Waals surface area contributed by atoms with Crippen LogP contribution in [-0.2, 0) is 29.5 Å². The van der Waals surface area contributed by atoms with E-state index in [-0.39, 0.29) is 5.41 Å². The van der Waals surface area contributed by atoms with Crippen LogP contribution >= 0.6 is 11.6 Å². The number of hydrogen-bond donors (Lipinski definition) is 2. The van der Waals surface area contributed by atoms with Gasteiger partial charge in [0.2, 0.25) is 0 Å². The molecule has 7 nitrogen and oxygen atoms in total. The van der Waals surface area contributed by atoms with Crippen molar-refractivity contribution in [3.8, 4) is 11.5 Å². The second-order valence-corrected chi connectivity index (χ2v) is 17.9. The number of carboxylic acid groups (broad SMARTS) is 1. The number of aromatic nitrogens is 1. The van der Waals surface area contributed by atoms with Gasteiger partial charge in [-0.25, -0.2) is 4.79 Å².